The Morgan fingerprint density at radius 1 is 1.08 bits per heavy atom. The second-order valence-corrected chi connectivity index (χ2v) is 7.21. The van der Waals surface area contributed by atoms with Crippen molar-refractivity contribution in [3.05, 3.63) is 35.9 Å². The van der Waals surface area contributed by atoms with E-state index in [1.165, 1.54) is 19.3 Å². The highest BCUT2D eigenvalue weighted by molar-refractivity contribution is 5.94. The number of aliphatic hydroxyl groups excluding tert-OH is 1. The molecule has 5 nitrogen and oxygen atoms in total. The van der Waals surface area contributed by atoms with Gasteiger partial charge in [-0.2, -0.15) is 0 Å². The number of hydrogen-bond donors (Lipinski definition) is 1. The van der Waals surface area contributed by atoms with Gasteiger partial charge in [0.25, 0.3) is 5.91 Å². The standard InChI is InChI=1S/C20H30N2O3/c23-18(16-25-19-9-5-2-6-10-19)15-21-11-13-22(14-12-21)20(24)17-7-3-1-4-8-17/h1,3-4,7-8,18-19,23H,2,5-6,9-16H2/t18-/m0/s1. The van der Waals surface area contributed by atoms with Gasteiger partial charge in [-0.05, 0) is 25.0 Å². The lowest BCUT2D eigenvalue weighted by molar-refractivity contribution is -0.0363. The molecule has 1 saturated heterocycles. The molecule has 1 heterocycles. The third-order valence-corrected chi connectivity index (χ3v) is 5.23. The van der Waals surface area contributed by atoms with Gasteiger partial charge in [-0.15, -0.1) is 0 Å². The number of benzene rings is 1. The molecule has 1 amide bonds. The van der Waals surface area contributed by atoms with Crippen LogP contribution in [0.1, 0.15) is 42.5 Å². The van der Waals surface area contributed by atoms with Crippen LogP contribution in [0.15, 0.2) is 30.3 Å². The van der Waals surface area contributed by atoms with Crippen molar-refractivity contribution < 1.29 is 14.6 Å². The third-order valence-electron chi connectivity index (χ3n) is 5.23. The molecule has 1 atom stereocenters. The van der Waals surface area contributed by atoms with Crippen LogP contribution in [-0.2, 0) is 4.74 Å². The minimum absolute atomic E-state index is 0.0985. The maximum Gasteiger partial charge on any atom is 0.253 e. The van der Waals surface area contributed by atoms with Crippen molar-refractivity contribution in [3.8, 4) is 0 Å². The highest BCUT2D eigenvalue weighted by atomic mass is 16.5. The van der Waals surface area contributed by atoms with Crippen molar-refractivity contribution in [2.24, 2.45) is 0 Å². The normalized spacial score (nSPS) is 21.2. The average Bonchev–Trinajstić information content (AvgIpc) is 2.68. The number of nitrogens with zero attached hydrogens (tertiary/aromatic N) is 2. The molecule has 138 valence electrons. The van der Waals surface area contributed by atoms with Crippen molar-refractivity contribution in [2.45, 2.75) is 44.3 Å². The zero-order valence-corrected chi connectivity index (χ0v) is 15.0. The summed E-state index contributed by atoms with van der Waals surface area (Å²) < 4.78 is 5.86. The van der Waals surface area contributed by atoms with Gasteiger partial charge in [0.15, 0.2) is 0 Å². The number of ether oxygens (including phenoxy) is 1. The summed E-state index contributed by atoms with van der Waals surface area (Å²) in [5.41, 5.74) is 0.747. The fourth-order valence-corrected chi connectivity index (χ4v) is 3.73. The van der Waals surface area contributed by atoms with Gasteiger partial charge in [-0.1, -0.05) is 37.5 Å². The minimum atomic E-state index is -0.446. The predicted octanol–water partition coefficient (Wildman–Crippen LogP) is 2.15. The predicted molar refractivity (Wildman–Crippen MR) is 97.6 cm³/mol. The van der Waals surface area contributed by atoms with Crippen LogP contribution < -0.4 is 0 Å². The van der Waals surface area contributed by atoms with Gasteiger partial charge >= 0.3 is 0 Å². The van der Waals surface area contributed by atoms with Crippen molar-refractivity contribution >= 4 is 5.91 Å². The summed E-state index contributed by atoms with van der Waals surface area (Å²) >= 11 is 0. The summed E-state index contributed by atoms with van der Waals surface area (Å²) in [6.45, 7) is 4.08. The monoisotopic (exact) mass is 346 g/mol. The summed E-state index contributed by atoms with van der Waals surface area (Å²) in [6, 6.07) is 9.44. The summed E-state index contributed by atoms with van der Waals surface area (Å²) in [4.78, 5) is 16.6. The number of piperazine rings is 1. The van der Waals surface area contributed by atoms with E-state index < -0.39 is 6.10 Å². The minimum Gasteiger partial charge on any atom is -0.389 e. The zero-order chi connectivity index (χ0) is 17.5. The van der Waals surface area contributed by atoms with Gasteiger partial charge in [-0.25, -0.2) is 0 Å². The molecular formula is C20H30N2O3. The fraction of sp³-hybridized carbons (Fsp3) is 0.650. The van der Waals surface area contributed by atoms with Gasteiger partial charge in [0.05, 0.1) is 18.8 Å². The quantitative estimate of drug-likeness (QED) is 0.858. The Labute approximate surface area is 150 Å². The lowest BCUT2D eigenvalue weighted by Crippen LogP contribution is -2.50. The molecule has 2 fully saturated rings. The van der Waals surface area contributed by atoms with E-state index in [-0.39, 0.29) is 5.91 Å². The number of carbonyl (C=O) groups excluding carboxylic acids is 1. The largest absolute Gasteiger partial charge is 0.389 e. The van der Waals surface area contributed by atoms with Gasteiger partial charge in [-0.3, -0.25) is 9.69 Å². The first-order valence-electron chi connectivity index (χ1n) is 9.59. The first kappa shape index (κ1) is 18.4. The van der Waals surface area contributed by atoms with Crippen LogP contribution in [0.5, 0.6) is 0 Å². The summed E-state index contributed by atoms with van der Waals surface area (Å²) in [6.07, 6.45) is 5.96. The molecule has 0 spiro atoms. The Balaban J connectivity index is 1.36. The number of rotatable bonds is 6. The summed E-state index contributed by atoms with van der Waals surface area (Å²) in [5, 5.41) is 10.2. The van der Waals surface area contributed by atoms with Crippen LogP contribution >= 0.6 is 0 Å². The van der Waals surface area contributed by atoms with Gasteiger partial charge in [0, 0.05) is 38.3 Å². The second-order valence-electron chi connectivity index (χ2n) is 7.21. The SMILES string of the molecule is O=C(c1ccccc1)N1CCN(C[C@H](O)COC2CCCCC2)CC1. The third kappa shape index (κ3) is 5.53. The first-order chi connectivity index (χ1) is 12.2. The first-order valence-corrected chi connectivity index (χ1v) is 9.59. The van der Waals surface area contributed by atoms with E-state index >= 15 is 0 Å². The Hall–Kier alpha value is -1.43. The van der Waals surface area contributed by atoms with E-state index in [2.05, 4.69) is 4.90 Å². The molecule has 3 rings (SSSR count). The van der Waals surface area contributed by atoms with Gasteiger partial charge < -0.3 is 14.7 Å². The lowest BCUT2D eigenvalue weighted by Gasteiger charge is -2.35. The fourth-order valence-electron chi connectivity index (χ4n) is 3.73. The molecule has 0 bridgehead atoms. The molecule has 0 radical (unpaired) electrons. The molecule has 0 unspecified atom stereocenters. The van der Waals surface area contributed by atoms with Crippen LogP contribution in [0.2, 0.25) is 0 Å². The molecule has 0 aromatic heterocycles. The number of β-amino-alcohol motifs (C(OH)–C–C–N with tert-alkyl or cyclic N) is 1. The number of amides is 1. The molecule has 1 N–H and O–H groups in total. The summed E-state index contributed by atoms with van der Waals surface area (Å²) in [5.74, 6) is 0.0985. The van der Waals surface area contributed by atoms with E-state index in [0.29, 0.717) is 32.3 Å². The highest BCUT2D eigenvalue weighted by Crippen LogP contribution is 2.20. The molecule has 25 heavy (non-hydrogen) atoms. The molecule has 1 saturated carbocycles. The molecule has 1 aromatic rings. The Kier molecular flexibility index (Phi) is 6.84. The van der Waals surface area contributed by atoms with Crippen molar-refractivity contribution in [2.75, 3.05) is 39.3 Å². The number of aliphatic hydroxyl groups is 1. The van der Waals surface area contributed by atoms with Crippen molar-refractivity contribution in [1.29, 1.82) is 0 Å². The highest BCUT2D eigenvalue weighted by Gasteiger charge is 2.24. The summed E-state index contributed by atoms with van der Waals surface area (Å²) in [7, 11) is 0. The number of carbonyl (C=O) groups is 1. The van der Waals surface area contributed by atoms with Gasteiger partial charge in [0.1, 0.15) is 0 Å². The van der Waals surface area contributed by atoms with Crippen LogP contribution in [-0.4, -0.2) is 72.4 Å². The molecule has 1 aliphatic heterocycles. The topological polar surface area (TPSA) is 53.0 Å². The Morgan fingerprint density at radius 2 is 1.76 bits per heavy atom. The van der Waals surface area contributed by atoms with Crippen LogP contribution in [0.3, 0.4) is 0 Å². The van der Waals surface area contributed by atoms with Crippen molar-refractivity contribution in [1.82, 2.24) is 9.80 Å². The maximum absolute atomic E-state index is 12.4. The molecule has 1 aromatic carbocycles. The molecule has 5 heteroatoms. The Morgan fingerprint density at radius 3 is 2.44 bits per heavy atom. The van der Waals surface area contributed by atoms with E-state index in [1.54, 1.807) is 0 Å². The van der Waals surface area contributed by atoms with E-state index in [1.807, 2.05) is 35.2 Å². The molecular weight excluding hydrogens is 316 g/mol. The van der Waals surface area contributed by atoms with E-state index in [9.17, 15) is 9.90 Å². The van der Waals surface area contributed by atoms with Crippen LogP contribution in [0, 0.1) is 0 Å². The Bertz CT molecular complexity index is 523. The van der Waals surface area contributed by atoms with E-state index in [4.69, 9.17) is 4.74 Å². The van der Waals surface area contributed by atoms with Crippen molar-refractivity contribution in [3.63, 3.8) is 0 Å². The van der Waals surface area contributed by atoms with Crippen LogP contribution in [0.25, 0.3) is 0 Å². The maximum atomic E-state index is 12.4. The molecule has 2 aliphatic rings. The zero-order valence-electron chi connectivity index (χ0n) is 15.0. The smallest absolute Gasteiger partial charge is 0.253 e. The average molecular weight is 346 g/mol. The second kappa shape index (κ2) is 9.32. The van der Waals surface area contributed by atoms with Crippen LogP contribution in [0.4, 0.5) is 0 Å². The number of hydrogen-bond acceptors (Lipinski definition) is 4. The van der Waals surface area contributed by atoms with E-state index in [0.717, 1.165) is 31.5 Å². The molecule has 1 aliphatic carbocycles. The lowest BCUT2D eigenvalue weighted by atomic mass is 9.98. The van der Waals surface area contributed by atoms with Gasteiger partial charge in [0.2, 0.25) is 0 Å².